The Bertz CT molecular complexity index is 375. The van der Waals surface area contributed by atoms with Gasteiger partial charge >= 0.3 is 5.97 Å². The molecule has 3 nitrogen and oxygen atoms in total. The predicted molar refractivity (Wildman–Crippen MR) is 50.7 cm³/mol. The van der Waals surface area contributed by atoms with Gasteiger partial charge in [0.05, 0.1) is 5.56 Å². The van der Waals surface area contributed by atoms with Crippen LogP contribution in [0.2, 0.25) is 0 Å². The molecule has 0 aliphatic carbocycles. The van der Waals surface area contributed by atoms with Crippen molar-refractivity contribution < 1.29 is 14.3 Å². The first-order valence-electron chi connectivity index (χ1n) is 4.22. The van der Waals surface area contributed by atoms with Crippen molar-refractivity contribution in [3.63, 3.8) is 0 Å². The molecule has 0 aromatic heterocycles. The molecule has 0 fully saturated rings. The molecular formula is C10H12FNO2. The molecule has 0 amide bonds. The maximum Gasteiger partial charge on any atom is 0.336 e. The Hall–Kier alpha value is -1.42. The number of carboxylic acids is 1. The van der Waals surface area contributed by atoms with E-state index in [1.807, 2.05) is 0 Å². The second kappa shape index (κ2) is 3.75. The highest BCUT2D eigenvalue weighted by molar-refractivity contribution is 5.89. The zero-order chi connectivity index (χ0) is 10.9. The minimum Gasteiger partial charge on any atom is -0.478 e. The zero-order valence-corrected chi connectivity index (χ0v) is 8.04. The van der Waals surface area contributed by atoms with Gasteiger partial charge in [-0.1, -0.05) is 0 Å². The van der Waals surface area contributed by atoms with Crippen molar-refractivity contribution in [2.75, 3.05) is 0 Å². The van der Waals surface area contributed by atoms with Crippen molar-refractivity contribution in [3.8, 4) is 0 Å². The van der Waals surface area contributed by atoms with Crippen LogP contribution in [0.15, 0.2) is 12.1 Å². The average Bonchev–Trinajstić information content (AvgIpc) is 2.08. The van der Waals surface area contributed by atoms with Gasteiger partial charge in [-0.2, -0.15) is 0 Å². The summed E-state index contributed by atoms with van der Waals surface area (Å²) in [4.78, 5) is 10.7. The summed E-state index contributed by atoms with van der Waals surface area (Å²) in [5.74, 6) is -1.67. The summed E-state index contributed by atoms with van der Waals surface area (Å²) >= 11 is 0. The van der Waals surface area contributed by atoms with Crippen molar-refractivity contribution >= 4 is 5.97 Å². The standard InChI is InChI=1S/C10H12FNO2/c1-5-8(10(13)14)3-7(6(2)12)4-9(5)11/h3-4,6H,12H2,1-2H3,(H,13,14). The molecule has 0 spiro atoms. The third-order valence-electron chi connectivity index (χ3n) is 2.12. The van der Waals surface area contributed by atoms with Gasteiger partial charge in [0.25, 0.3) is 0 Å². The molecule has 1 atom stereocenters. The van der Waals surface area contributed by atoms with Crippen molar-refractivity contribution in [2.24, 2.45) is 5.73 Å². The molecular weight excluding hydrogens is 185 g/mol. The quantitative estimate of drug-likeness (QED) is 0.760. The van der Waals surface area contributed by atoms with Crippen LogP contribution in [-0.2, 0) is 0 Å². The molecule has 0 saturated heterocycles. The Kier molecular flexibility index (Phi) is 2.86. The van der Waals surface area contributed by atoms with Crippen molar-refractivity contribution in [1.82, 2.24) is 0 Å². The SMILES string of the molecule is Cc1c(F)cc(C(C)N)cc1C(=O)O. The first-order valence-corrected chi connectivity index (χ1v) is 4.22. The van der Waals surface area contributed by atoms with E-state index in [2.05, 4.69) is 0 Å². The second-order valence-corrected chi connectivity index (χ2v) is 3.27. The van der Waals surface area contributed by atoms with Crippen LogP contribution in [0.4, 0.5) is 4.39 Å². The van der Waals surface area contributed by atoms with Gasteiger partial charge in [0.15, 0.2) is 0 Å². The van der Waals surface area contributed by atoms with E-state index in [1.165, 1.54) is 19.1 Å². The highest BCUT2D eigenvalue weighted by Crippen LogP contribution is 2.19. The second-order valence-electron chi connectivity index (χ2n) is 3.27. The average molecular weight is 197 g/mol. The lowest BCUT2D eigenvalue weighted by molar-refractivity contribution is 0.0695. The fourth-order valence-corrected chi connectivity index (χ4v) is 1.18. The van der Waals surface area contributed by atoms with E-state index in [-0.39, 0.29) is 17.2 Å². The summed E-state index contributed by atoms with van der Waals surface area (Å²) in [5.41, 5.74) is 6.14. The fourth-order valence-electron chi connectivity index (χ4n) is 1.18. The molecule has 1 unspecified atom stereocenters. The smallest absolute Gasteiger partial charge is 0.336 e. The van der Waals surface area contributed by atoms with Crippen LogP contribution in [0.25, 0.3) is 0 Å². The lowest BCUT2D eigenvalue weighted by Gasteiger charge is -2.09. The van der Waals surface area contributed by atoms with Crippen LogP contribution in [-0.4, -0.2) is 11.1 Å². The molecule has 0 aliphatic rings. The molecule has 1 aromatic rings. The maximum atomic E-state index is 13.2. The Morgan fingerprint density at radius 2 is 2.14 bits per heavy atom. The number of nitrogens with two attached hydrogens (primary N) is 1. The highest BCUT2D eigenvalue weighted by Gasteiger charge is 2.14. The number of hydrogen-bond donors (Lipinski definition) is 2. The van der Waals surface area contributed by atoms with Crippen LogP contribution >= 0.6 is 0 Å². The summed E-state index contributed by atoms with van der Waals surface area (Å²) < 4.78 is 13.2. The van der Waals surface area contributed by atoms with Gasteiger partial charge in [-0.3, -0.25) is 0 Å². The van der Waals surface area contributed by atoms with E-state index in [1.54, 1.807) is 6.92 Å². The van der Waals surface area contributed by atoms with Crippen LogP contribution in [0, 0.1) is 12.7 Å². The first-order chi connectivity index (χ1) is 6.43. The Labute approximate surface area is 81.4 Å². The zero-order valence-electron chi connectivity index (χ0n) is 8.04. The summed E-state index contributed by atoms with van der Waals surface area (Å²) in [6, 6.07) is 2.31. The third-order valence-corrected chi connectivity index (χ3v) is 2.12. The highest BCUT2D eigenvalue weighted by atomic mass is 19.1. The fraction of sp³-hybridized carbons (Fsp3) is 0.300. The Morgan fingerprint density at radius 1 is 1.57 bits per heavy atom. The van der Waals surface area contributed by atoms with E-state index in [4.69, 9.17) is 10.8 Å². The number of aromatic carboxylic acids is 1. The molecule has 0 saturated carbocycles. The Balaban J connectivity index is 3.35. The molecule has 0 aliphatic heterocycles. The van der Waals surface area contributed by atoms with Gasteiger partial charge < -0.3 is 10.8 Å². The molecule has 0 heterocycles. The lowest BCUT2D eigenvalue weighted by Crippen LogP contribution is -2.09. The molecule has 0 bridgehead atoms. The van der Waals surface area contributed by atoms with Crippen molar-refractivity contribution in [2.45, 2.75) is 19.9 Å². The normalized spacial score (nSPS) is 12.6. The molecule has 1 aromatic carbocycles. The van der Waals surface area contributed by atoms with Crippen LogP contribution in [0.3, 0.4) is 0 Å². The monoisotopic (exact) mass is 197 g/mol. The largest absolute Gasteiger partial charge is 0.478 e. The van der Waals surface area contributed by atoms with Gasteiger partial charge in [0.1, 0.15) is 5.82 Å². The van der Waals surface area contributed by atoms with E-state index in [0.29, 0.717) is 5.56 Å². The van der Waals surface area contributed by atoms with Gasteiger partial charge in [-0.05, 0) is 37.1 Å². The van der Waals surface area contributed by atoms with Crippen LogP contribution in [0.1, 0.15) is 34.5 Å². The molecule has 3 N–H and O–H groups in total. The number of carboxylic acid groups (broad SMARTS) is 1. The van der Waals surface area contributed by atoms with Gasteiger partial charge in [0, 0.05) is 6.04 Å². The van der Waals surface area contributed by atoms with E-state index >= 15 is 0 Å². The number of rotatable bonds is 2. The molecule has 76 valence electrons. The van der Waals surface area contributed by atoms with E-state index < -0.39 is 11.8 Å². The van der Waals surface area contributed by atoms with Crippen molar-refractivity contribution in [1.29, 1.82) is 0 Å². The predicted octanol–water partition coefficient (Wildman–Crippen LogP) is 1.85. The van der Waals surface area contributed by atoms with Gasteiger partial charge in [0.2, 0.25) is 0 Å². The van der Waals surface area contributed by atoms with E-state index in [0.717, 1.165) is 0 Å². The first kappa shape index (κ1) is 10.7. The topological polar surface area (TPSA) is 63.3 Å². The molecule has 1 rings (SSSR count). The van der Waals surface area contributed by atoms with Crippen LogP contribution < -0.4 is 5.73 Å². The molecule has 14 heavy (non-hydrogen) atoms. The summed E-state index contributed by atoms with van der Waals surface area (Å²) in [7, 11) is 0. The third kappa shape index (κ3) is 1.90. The number of halogens is 1. The minimum absolute atomic E-state index is 0.0303. The maximum absolute atomic E-state index is 13.2. The number of hydrogen-bond acceptors (Lipinski definition) is 2. The number of benzene rings is 1. The minimum atomic E-state index is -1.14. The number of carbonyl (C=O) groups is 1. The van der Waals surface area contributed by atoms with Crippen LogP contribution in [0.5, 0.6) is 0 Å². The summed E-state index contributed by atoms with van der Waals surface area (Å²) in [6.45, 7) is 3.11. The van der Waals surface area contributed by atoms with E-state index in [9.17, 15) is 9.18 Å². The molecule has 0 radical (unpaired) electrons. The van der Waals surface area contributed by atoms with Gasteiger partial charge in [-0.15, -0.1) is 0 Å². The molecule has 4 heteroatoms. The summed E-state index contributed by atoms with van der Waals surface area (Å²) in [5, 5.41) is 8.79. The van der Waals surface area contributed by atoms with Crippen molar-refractivity contribution in [3.05, 3.63) is 34.6 Å². The van der Waals surface area contributed by atoms with Gasteiger partial charge in [-0.25, -0.2) is 9.18 Å². The Morgan fingerprint density at radius 3 is 2.57 bits per heavy atom. The summed E-state index contributed by atoms with van der Waals surface area (Å²) in [6.07, 6.45) is 0. The lowest BCUT2D eigenvalue weighted by atomic mass is 10.0.